The monoisotopic (exact) mass is 338 g/mol. The molecule has 0 aliphatic carbocycles. The van der Waals surface area contributed by atoms with Crippen molar-refractivity contribution in [2.45, 2.75) is 25.5 Å². The van der Waals surface area contributed by atoms with Crippen molar-refractivity contribution in [2.24, 2.45) is 0 Å². The number of amides is 1. The maximum absolute atomic E-state index is 13.0. The minimum Gasteiger partial charge on any atom is -0.376 e. The molecule has 1 aliphatic rings. The van der Waals surface area contributed by atoms with Gasteiger partial charge in [0.05, 0.1) is 6.10 Å². The van der Waals surface area contributed by atoms with E-state index < -0.39 is 0 Å². The first-order valence-electron chi connectivity index (χ1n) is 8.27. The predicted molar refractivity (Wildman–Crippen MR) is 88.7 cm³/mol. The fraction of sp³-hybridized carbons (Fsp3) is 0.353. The first-order chi connectivity index (χ1) is 12.3. The summed E-state index contributed by atoms with van der Waals surface area (Å²) in [5, 5.41) is 4.25. The Morgan fingerprint density at radius 2 is 2.20 bits per heavy atom. The molecule has 0 aromatic carbocycles. The second-order valence-electron chi connectivity index (χ2n) is 5.98. The Kier molecular flexibility index (Phi) is 4.34. The summed E-state index contributed by atoms with van der Waals surface area (Å²) >= 11 is 0. The molecule has 8 nitrogen and oxygen atoms in total. The molecule has 25 heavy (non-hydrogen) atoms. The van der Waals surface area contributed by atoms with Crippen LogP contribution < -0.4 is 0 Å². The van der Waals surface area contributed by atoms with Gasteiger partial charge in [-0.05, 0) is 36.6 Å². The lowest BCUT2D eigenvalue weighted by Gasteiger charge is -2.24. The smallest absolute Gasteiger partial charge is 0.293 e. The third kappa shape index (κ3) is 3.48. The van der Waals surface area contributed by atoms with Gasteiger partial charge in [-0.2, -0.15) is 4.98 Å². The van der Waals surface area contributed by atoms with E-state index in [2.05, 4.69) is 20.1 Å². The zero-order chi connectivity index (χ0) is 17.1. The van der Waals surface area contributed by atoms with Gasteiger partial charge in [0.1, 0.15) is 0 Å². The van der Waals surface area contributed by atoms with E-state index in [9.17, 15) is 4.79 Å². The SMILES string of the molecule is O=C(c1nc2ncccn2n1)N(Cc1ccncc1)C[C@@H]1CCCO1. The third-order valence-electron chi connectivity index (χ3n) is 4.17. The number of aromatic nitrogens is 5. The number of nitrogens with zero attached hydrogens (tertiary/aromatic N) is 6. The van der Waals surface area contributed by atoms with Crippen LogP contribution in [0.25, 0.3) is 5.78 Å². The zero-order valence-corrected chi connectivity index (χ0v) is 13.7. The van der Waals surface area contributed by atoms with Crippen LogP contribution in [0.2, 0.25) is 0 Å². The fourth-order valence-corrected chi connectivity index (χ4v) is 2.93. The molecular weight excluding hydrogens is 320 g/mol. The van der Waals surface area contributed by atoms with Crippen LogP contribution >= 0.6 is 0 Å². The number of pyridine rings is 1. The lowest BCUT2D eigenvalue weighted by atomic mass is 10.2. The normalized spacial score (nSPS) is 17.0. The van der Waals surface area contributed by atoms with Crippen LogP contribution in [0.4, 0.5) is 0 Å². The summed E-state index contributed by atoms with van der Waals surface area (Å²) in [4.78, 5) is 27.1. The van der Waals surface area contributed by atoms with Crippen molar-refractivity contribution in [3.8, 4) is 0 Å². The Morgan fingerprint density at radius 1 is 1.32 bits per heavy atom. The second kappa shape index (κ2) is 6.94. The first-order valence-corrected chi connectivity index (χ1v) is 8.27. The van der Waals surface area contributed by atoms with Crippen LogP contribution in [0, 0.1) is 0 Å². The summed E-state index contributed by atoms with van der Waals surface area (Å²) in [5.41, 5.74) is 1.00. The molecule has 1 saturated heterocycles. The number of carbonyl (C=O) groups is 1. The maximum atomic E-state index is 13.0. The molecule has 1 aliphatic heterocycles. The molecule has 1 amide bonds. The Hall–Kier alpha value is -2.87. The van der Waals surface area contributed by atoms with E-state index >= 15 is 0 Å². The molecule has 0 spiro atoms. The third-order valence-corrected chi connectivity index (χ3v) is 4.17. The van der Waals surface area contributed by atoms with Gasteiger partial charge in [-0.3, -0.25) is 9.78 Å². The molecule has 3 aromatic rings. The molecule has 0 N–H and O–H groups in total. The standard InChI is InChI=1S/C17H18N6O2/c24-16(15-20-17-19-6-2-9-23(17)21-15)22(12-14-3-1-10-25-14)11-13-4-7-18-8-5-13/h2,4-9,14H,1,3,10-12H2/t14-/m0/s1. The molecule has 4 heterocycles. The molecule has 0 unspecified atom stereocenters. The van der Waals surface area contributed by atoms with Crippen molar-refractivity contribution in [3.05, 3.63) is 54.4 Å². The summed E-state index contributed by atoms with van der Waals surface area (Å²) < 4.78 is 7.21. The van der Waals surface area contributed by atoms with Crippen molar-refractivity contribution in [1.29, 1.82) is 0 Å². The largest absolute Gasteiger partial charge is 0.376 e. The Morgan fingerprint density at radius 3 is 2.96 bits per heavy atom. The molecule has 1 fully saturated rings. The van der Waals surface area contributed by atoms with Crippen molar-refractivity contribution in [1.82, 2.24) is 29.5 Å². The lowest BCUT2D eigenvalue weighted by molar-refractivity contribution is 0.0498. The van der Waals surface area contributed by atoms with Gasteiger partial charge in [0.15, 0.2) is 0 Å². The highest BCUT2D eigenvalue weighted by molar-refractivity contribution is 5.90. The summed E-state index contributed by atoms with van der Waals surface area (Å²) in [6, 6.07) is 5.54. The summed E-state index contributed by atoms with van der Waals surface area (Å²) in [7, 11) is 0. The van der Waals surface area contributed by atoms with Gasteiger partial charge in [0.25, 0.3) is 11.7 Å². The zero-order valence-electron chi connectivity index (χ0n) is 13.7. The van der Waals surface area contributed by atoms with E-state index in [0.717, 1.165) is 25.0 Å². The molecule has 4 rings (SSSR count). The van der Waals surface area contributed by atoms with E-state index in [-0.39, 0.29) is 17.8 Å². The van der Waals surface area contributed by atoms with E-state index in [1.54, 1.807) is 35.8 Å². The van der Waals surface area contributed by atoms with Crippen molar-refractivity contribution in [2.75, 3.05) is 13.2 Å². The second-order valence-corrected chi connectivity index (χ2v) is 5.98. The van der Waals surface area contributed by atoms with Crippen LogP contribution in [0.5, 0.6) is 0 Å². The summed E-state index contributed by atoms with van der Waals surface area (Å²) in [5.74, 6) is 0.329. The van der Waals surface area contributed by atoms with Gasteiger partial charge in [-0.1, -0.05) is 0 Å². The summed E-state index contributed by atoms with van der Waals surface area (Å²) in [6.07, 6.45) is 8.83. The number of ether oxygens (including phenoxy) is 1. The van der Waals surface area contributed by atoms with Crippen molar-refractivity contribution >= 4 is 11.7 Å². The van der Waals surface area contributed by atoms with Gasteiger partial charge in [0.2, 0.25) is 5.82 Å². The van der Waals surface area contributed by atoms with Crippen LogP contribution in [0.1, 0.15) is 29.0 Å². The van der Waals surface area contributed by atoms with E-state index in [1.807, 2.05) is 12.1 Å². The van der Waals surface area contributed by atoms with Gasteiger partial charge in [-0.15, -0.1) is 5.10 Å². The Bertz CT molecular complexity index is 827. The van der Waals surface area contributed by atoms with E-state index in [0.29, 0.717) is 18.9 Å². The Labute approximate surface area is 144 Å². The van der Waals surface area contributed by atoms with Gasteiger partial charge < -0.3 is 9.64 Å². The van der Waals surface area contributed by atoms with Gasteiger partial charge >= 0.3 is 0 Å². The van der Waals surface area contributed by atoms with Gasteiger partial charge in [0, 0.05) is 44.5 Å². The number of hydrogen-bond acceptors (Lipinski definition) is 6. The molecule has 0 radical (unpaired) electrons. The predicted octanol–water partition coefficient (Wildman–Crippen LogP) is 1.34. The molecular formula is C17H18N6O2. The molecule has 128 valence electrons. The average Bonchev–Trinajstić information content (AvgIpc) is 3.30. The van der Waals surface area contributed by atoms with Crippen LogP contribution in [-0.2, 0) is 11.3 Å². The highest BCUT2D eigenvalue weighted by atomic mass is 16.5. The molecule has 0 bridgehead atoms. The summed E-state index contributed by atoms with van der Waals surface area (Å²) in [6.45, 7) is 1.73. The van der Waals surface area contributed by atoms with E-state index in [4.69, 9.17) is 4.74 Å². The maximum Gasteiger partial charge on any atom is 0.293 e. The fourth-order valence-electron chi connectivity index (χ4n) is 2.93. The number of hydrogen-bond donors (Lipinski definition) is 0. The Balaban J connectivity index is 1.59. The molecule has 1 atom stereocenters. The van der Waals surface area contributed by atoms with Crippen LogP contribution in [0.15, 0.2) is 43.0 Å². The quantitative estimate of drug-likeness (QED) is 0.698. The minimum atomic E-state index is -0.224. The molecule has 3 aromatic heterocycles. The van der Waals surface area contributed by atoms with Crippen LogP contribution in [-0.4, -0.2) is 54.6 Å². The number of rotatable bonds is 5. The number of carbonyl (C=O) groups excluding carboxylic acids is 1. The highest BCUT2D eigenvalue weighted by Crippen LogP contribution is 2.16. The topological polar surface area (TPSA) is 85.5 Å². The minimum absolute atomic E-state index is 0.0564. The molecule has 0 saturated carbocycles. The van der Waals surface area contributed by atoms with E-state index in [1.165, 1.54) is 4.52 Å². The van der Waals surface area contributed by atoms with Crippen LogP contribution in [0.3, 0.4) is 0 Å². The molecule has 8 heteroatoms. The highest BCUT2D eigenvalue weighted by Gasteiger charge is 2.26. The first kappa shape index (κ1) is 15.6. The van der Waals surface area contributed by atoms with Crippen molar-refractivity contribution < 1.29 is 9.53 Å². The van der Waals surface area contributed by atoms with Gasteiger partial charge in [-0.25, -0.2) is 9.50 Å². The average molecular weight is 338 g/mol. The van der Waals surface area contributed by atoms with Crippen molar-refractivity contribution in [3.63, 3.8) is 0 Å². The lowest BCUT2D eigenvalue weighted by Crippen LogP contribution is -2.37. The number of fused-ring (bicyclic) bond motifs is 1.